The summed E-state index contributed by atoms with van der Waals surface area (Å²) in [6.07, 6.45) is 2.33. The first kappa shape index (κ1) is 12.7. The van der Waals surface area contributed by atoms with Crippen LogP contribution in [0.1, 0.15) is 33.6 Å². The molecule has 0 aliphatic carbocycles. The molecule has 2 N–H and O–H groups in total. The largest absolute Gasteiger partial charge is 0.370 e. The minimum Gasteiger partial charge on any atom is -0.370 e. The Balaban J connectivity index is 2.44. The predicted molar refractivity (Wildman–Crippen MR) is 69.5 cm³/mol. The summed E-state index contributed by atoms with van der Waals surface area (Å²) in [5.74, 6) is 3.17. The van der Waals surface area contributed by atoms with E-state index in [-0.39, 0.29) is 0 Å². The van der Waals surface area contributed by atoms with E-state index in [2.05, 4.69) is 30.7 Å². The number of hydrogen-bond donors (Lipinski definition) is 1. The first-order valence-electron chi connectivity index (χ1n) is 5.86. The Morgan fingerprint density at radius 2 is 2.33 bits per heavy atom. The maximum absolute atomic E-state index is 5.92. The molecule has 3 nitrogen and oxygen atoms in total. The van der Waals surface area contributed by atoms with Gasteiger partial charge in [0.1, 0.15) is 0 Å². The van der Waals surface area contributed by atoms with Gasteiger partial charge in [0.15, 0.2) is 5.96 Å². The van der Waals surface area contributed by atoms with Gasteiger partial charge in [-0.1, -0.05) is 13.8 Å². The molecule has 0 aromatic heterocycles. The quantitative estimate of drug-likeness (QED) is 0.708. The van der Waals surface area contributed by atoms with Crippen molar-refractivity contribution in [3.63, 3.8) is 0 Å². The van der Waals surface area contributed by atoms with E-state index in [0.29, 0.717) is 12.1 Å². The van der Waals surface area contributed by atoms with Crippen molar-refractivity contribution in [3.8, 4) is 0 Å². The van der Waals surface area contributed by atoms with Gasteiger partial charge in [-0.25, -0.2) is 0 Å². The van der Waals surface area contributed by atoms with E-state index in [1.165, 1.54) is 17.9 Å². The van der Waals surface area contributed by atoms with Gasteiger partial charge in [0.25, 0.3) is 0 Å². The van der Waals surface area contributed by atoms with Gasteiger partial charge in [-0.2, -0.15) is 11.8 Å². The van der Waals surface area contributed by atoms with Crippen molar-refractivity contribution >= 4 is 17.7 Å². The van der Waals surface area contributed by atoms with Gasteiger partial charge >= 0.3 is 0 Å². The molecule has 1 heterocycles. The minimum absolute atomic E-state index is 0.521. The zero-order valence-electron chi connectivity index (χ0n) is 10.1. The Bertz CT molecular complexity index is 218. The average Bonchev–Trinajstić information content (AvgIpc) is 2.59. The number of nitrogens with zero attached hydrogens (tertiary/aromatic N) is 2. The summed E-state index contributed by atoms with van der Waals surface area (Å²) in [7, 11) is 0. The van der Waals surface area contributed by atoms with Crippen LogP contribution in [0.15, 0.2) is 4.99 Å². The highest BCUT2D eigenvalue weighted by atomic mass is 32.2. The van der Waals surface area contributed by atoms with Crippen LogP contribution < -0.4 is 5.73 Å². The number of rotatable bonds is 6. The molecule has 0 bridgehead atoms. The zero-order valence-corrected chi connectivity index (χ0v) is 10.9. The Morgan fingerprint density at radius 1 is 1.60 bits per heavy atom. The van der Waals surface area contributed by atoms with Crippen LogP contribution in [0.5, 0.6) is 0 Å². The van der Waals surface area contributed by atoms with E-state index >= 15 is 0 Å². The lowest BCUT2D eigenvalue weighted by atomic mass is 10.1. The lowest BCUT2D eigenvalue weighted by Crippen LogP contribution is -2.46. The van der Waals surface area contributed by atoms with Gasteiger partial charge in [-0.05, 0) is 31.3 Å². The second-order valence-corrected chi connectivity index (χ2v) is 5.40. The molecule has 1 rings (SSSR count). The van der Waals surface area contributed by atoms with Crippen LogP contribution in [0, 0.1) is 0 Å². The maximum atomic E-state index is 5.92. The molecule has 15 heavy (non-hydrogen) atoms. The fourth-order valence-corrected chi connectivity index (χ4v) is 2.66. The van der Waals surface area contributed by atoms with Gasteiger partial charge < -0.3 is 10.6 Å². The average molecular weight is 229 g/mol. The molecule has 0 amide bonds. The molecule has 88 valence electrons. The summed E-state index contributed by atoms with van der Waals surface area (Å²) >= 11 is 2.00. The number of thioether (sulfide) groups is 1. The molecule has 0 saturated heterocycles. The molecular weight excluding hydrogens is 206 g/mol. The van der Waals surface area contributed by atoms with Crippen molar-refractivity contribution in [2.45, 2.75) is 45.7 Å². The van der Waals surface area contributed by atoms with Crippen molar-refractivity contribution in [1.29, 1.82) is 0 Å². The van der Waals surface area contributed by atoms with Crippen molar-refractivity contribution in [2.24, 2.45) is 10.7 Å². The third-order valence-electron chi connectivity index (χ3n) is 2.99. The molecule has 1 aliphatic heterocycles. The van der Waals surface area contributed by atoms with E-state index in [4.69, 9.17) is 5.73 Å². The zero-order chi connectivity index (χ0) is 11.3. The van der Waals surface area contributed by atoms with Gasteiger partial charge in [0.05, 0.1) is 12.6 Å². The van der Waals surface area contributed by atoms with Crippen LogP contribution in [-0.2, 0) is 0 Å². The monoisotopic (exact) mass is 229 g/mol. The van der Waals surface area contributed by atoms with E-state index in [0.717, 1.165) is 18.9 Å². The normalized spacial score (nSPS) is 23.0. The van der Waals surface area contributed by atoms with Crippen LogP contribution >= 0.6 is 11.8 Å². The highest BCUT2D eigenvalue weighted by molar-refractivity contribution is 7.99. The number of guanidine groups is 1. The van der Waals surface area contributed by atoms with Crippen molar-refractivity contribution < 1.29 is 0 Å². The van der Waals surface area contributed by atoms with Crippen molar-refractivity contribution in [1.82, 2.24) is 4.90 Å². The van der Waals surface area contributed by atoms with Crippen molar-refractivity contribution in [2.75, 3.05) is 18.1 Å². The highest BCUT2D eigenvalue weighted by Crippen LogP contribution is 2.19. The molecule has 2 atom stereocenters. The van der Waals surface area contributed by atoms with Crippen LogP contribution in [0.4, 0.5) is 0 Å². The van der Waals surface area contributed by atoms with E-state index in [1.807, 2.05) is 11.8 Å². The summed E-state index contributed by atoms with van der Waals surface area (Å²) in [6.45, 7) is 7.53. The van der Waals surface area contributed by atoms with Crippen LogP contribution in [0.2, 0.25) is 0 Å². The first-order valence-corrected chi connectivity index (χ1v) is 7.02. The number of hydrogen-bond acceptors (Lipinski definition) is 4. The van der Waals surface area contributed by atoms with Crippen molar-refractivity contribution in [3.05, 3.63) is 0 Å². The maximum Gasteiger partial charge on any atom is 0.191 e. The number of aliphatic imine (C=N–C) groups is 1. The van der Waals surface area contributed by atoms with Gasteiger partial charge in [0, 0.05) is 6.04 Å². The number of nitrogens with two attached hydrogens (primary N) is 1. The lowest BCUT2D eigenvalue weighted by molar-refractivity contribution is 0.261. The Kier molecular flexibility index (Phi) is 5.29. The van der Waals surface area contributed by atoms with Crippen LogP contribution in [0.3, 0.4) is 0 Å². The summed E-state index contributed by atoms with van der Waals surface area (Å²) in [4.78, 5) is 6.66. The minimum atomic E-state index is 0.521. The second-order valence-electron chi connectivity index (χ2n) is 4.00. The molecule has 2 unspecified atom stereocenters. The third-order valence-corrected chi connectivity index (χ3v) is 3.92. The summed E-state index contributed by atoms with van der Waals surface area (Å²) < 4.78 is 0. The molecule has 0 aromatic carbocycles. The molecule has 1 aliphatic rings. The Hall–Kier alpha value is -0.380. The van der Waals surface area contributed by atoms with E-state index in [1.54, 1.807) is 0 Å². The third kappa shape index (κ3) is 3.30. The summed E-state index contributed by atoms with van der Waals surface area (Å²) in [5.41, 5.74) is 5.92. The molecule has 0 saturated carbocycles. The summed E-state index contributed by atoms with van der Waals surface area (Å²) in [5, 5.41) is 0. The van der Waals surface area contributed by atoms with E-state index < -0.39 is 0 Å². The summed E-state index contributed by atoms with van der Waals surface area (Å²) in [6, 6.07) is 1.06. The first-order chi connectivity index (χ1) is 7.20. The van der Waals surface area contributed by atoms with Gasteiger partial charge in [-0.15, -0.1) is 0 Å². The fraction of sp³-hybridized carbons (Fsp3) is 0.909. The van der Waals surface area contributed by atoms with E-state index in [9.17, 15) is 0 Å². The molecular formula is C11H23N3S. The Labute approximate surface area is 97.5 Å². The lowest BCUT2D eigenvalue weighted by Gasteiger charge is -2.31. The highest BCUT2D eigenvalue weighted by Gasteiger charge is 2.28. The van der Waals surface area contributed by atoms with Crippen LogP contribution in [0.25, 0.3) is 0 Å². The fourth-order valence-electron chi connectivity index (χ4n) is 1.93. The molecule has 0 fully saturated rings. The SMILES string of the molecule is CCSCCC1CN=C(N)N1C(C)CC. The van der Waals surface area contributed by atoms with Gasteiger partial charge in [-0.3, -0.25) is 4.99 Å². The van der Waals surface area contributed by atoms with Gasteiger partial charge in [0.2, 0.25) is 0 Å². The Morgan fingerprint density at radius 3 is 2.93 bits per heavy atom. The molecule has 4 heteroatoms. The second kappa shape index (κ2) is 6.26. The topological polar surface area (TPSA) is 41.6 Å². The molecule has 0 aromatic rings. The smallest absolute Gasteiger partial charge is 0.191 e. The molecule has 0 spiro atoms. The predicted octanol–water partition coefficient (Wildman–Crippen LogP) is 1.93. The van der Waals surface area contributed by atoms with Crippen LogP contribution in [-0.4, -0.2) is 41.0 Å². The molecule has 0 radical (unpaired) electrons. The standard InChI is InChI=1S/C11H23N3S/c1-4-9(3)14-10(6-7-15-5-2)8-13-11(14)12/h9-10H,4-8H2,1-3H3,(H2,12,13).